The van der Waals surface area contributed by atoms with Gasteiger partial charge in [0.05, 0.1) is 13.2 Å². The topological polar surface area (TPSA) is 44.7 Å². The predicted octanol–water partition coefficient (Wildman–Crippen LogP) is 1.94. The number of hydrogen-bond donors (Lipinski definition) is 0. The molecule has 0 amide bonds. The quantitative estimate of drug-likeness (QED) is 0.837. The number of nitrogens with zero attached hydrogens (tertiary/aromatic N) is 5. The summed E-state index contributed by atoms with van der Waals surface area (Å²) in [5.74, 6) is 1.87. The first kappa shape index (κ1) is 17.2. The Labute approximate surface area is 155 Å². The number of ether oxygens (including phenoxy) is 1. The molecule has 2 aliphatic heterocycles. The van der Waals surface area contributed by atoms with Crippen molar-refractivity contribution in [2.24, 2.45) is 0 Å². The number of aryl methyl sites for hydroxylation is 1. The van der Waals surface area contributed by atoms with Crippen molar-refractivity contribution in [2.45, 2.75) is 13.5 Å². The molecule has 2 aliphatic rings. The van der Waals surface area contributed by atoms with Gasteiger partial charge in [0.15, 0.2) is 0 Å². The van der Waals surface area contributed by atoms with Crippen LogP contribution >= 0.6 is 0 Å². The van der Waals surface area contributed by atoms with Crippen molar-refractivity contribution >= 4 is 11.8 Å². The van der Waals surface area contributed by atoms with Crippen molar-refractivity contribution < 1.29 is 4.74 Å². The van der Waals surface area contributed by atoms with Gasteiger partial charge >= 0.3 is 0 Å². The average molecular weight is 353 g/mol. The summed E-state index contributed by atoms with van der Waals surface area (Å²) in [7, 11) is 0. The van der Waals surface area contributed by atoms with Crippen LogP contribution in [0.4, 0.5) is 11.8 Å². The van der Waals surface area contributed by atoms with Crippen LogP contribution in [0.2, 0.25) is 0 Å². The summed E-state index contributed by atoms with van der Waals surface area (Å²) >= 11 is 0. The van der Waals surface area contributed by atoms with Crippen LogP contribution in [0.5, 0.6) is 0 Å². The van der Waals surface area contributed by atoms with Crippen molar-refractivity contribution in [3.63, 3.8) is 0 Å². The highest BCUT2D eigenvalue weighted by Crippen LogP contribution is 2.19. The average Bonchev–Trinajstić information content (AvgIpc) is 2.71. The number of piperazine rings is 1. The van der Waals surface area contributed by atoms with Crippen LogP contribution in [0.25, 0.3) is 0 Å². The molecule has 2 saturated heterocycles. The fourth-order valence-corrected chi connectivity index (χ4v) is 3.59. The van der Waals surface area contributed by atoms with E-state index in [9.17, 15) is 0 Å². The molecule has 0 unspecified atom stereocenters. The lowest BCUT2D eigenvalue weighted by atomic mass is 10.1. The maximum atomic E-state index is 5.42. The molecule has 0 aliphatic carbocycles. The van der Waals surface area contributed by atoms with Crippen LogP contribution in [0, 0.1) is 6.92 Å². The van der Waals surface area contributed by atoms with Crippen molar-refractivity contribution in [1.29, 1.82) is 0 Å². The molecule has 2 aromatic rings. The van der Waals surface area contributed by atoms with Gasteiger partial charge in [0, 0.05) is 52.0 Å². The molecule has 26 heavy (non-hydrogen) atoms. The molecule has 3 heterocycles. The van der Waals surface area contributed by atoms with E-state index in [4.69, 9.17) is 9.72 Å². The number of hydrogen-bond acceptors (Lipinski definition) is 6. The summed E-state index contributed by atoms with van der Waals surface area (Å²) in [4.78, 5) is 16.4. The van der Waals surface area contributed by atoms with Gasteiger partial charge in [-0.1, -0.05) is 24.3 Å². The predicted molar refractivity (Wildman–Crippen MR) is 104 cm³/mol. The third-order valence-electron chi connectivity index (χ3n) is 5.27. The van der Waals surface area contributed by atoms with E-state index in [1.54, 1.807) is 0 Å². The molecule has 0 saturated carbocycles. The lowest BCUT2D eigenvalue weighted by molar-refractivity contribution is 0.122. The van der Waals surface area contributed by atoms with Gasteiger partial charge in [-0.25, -0.2) is 4.98 Å². The van der Waals surface area contributed by atoms with E-state index in [-0.39, 0.29) is 0 Å². The molecule has 1 aromatic heterocycles. The Bertz CT molecular complexity index is 724. The lowest BCUT2D eigenvalue weighted by Gasteiger charge is -2.36. The second kappa shape index (κ2) is 8.01. The Morgan fingerprint density at radius 1 is 0.923 bits per heavy atom. The molecule has 6 heteroatoms. The molecule has 4 rings (SSSR count). The lowest BCUT2D eigenvalue weighted by Crippen LogP contribution is -2.46. The summed E-state index contributed by atoms with van der Waals surface area (Å²) in [6, 6.07) is 10.7. The third-order valence-corrected chi connectivity index (χ3v) is 5.27. The smallest absolute Gasteiger partial charge is 0.227 e. The van der Waals surface area contributed by atoms with Crippen molar-refractivity contribution in [2.75, 3.05) is 62.3 Å². The van der Waals surface area contributed by atoms with Crippen LogP contribution < -0.4 is 9.80 Å². The van der Waals surface area contributed by atoms with E-state index in [0.717, 1.165) is 70.8 Å². The minimum atomic E-state index is 0.755. The second-order valence-corrected chi connectivity index (χ2v) is 7.00. The zero-order valence-electron chi connectivity index (χ0n) is 15.5. The minimum Gasteiger partial charge on any atom is -0.378 e. The Hall–Kier alpha value is -2.18. The number of rotatable bonds is 4. The van der Waals surface area contributed by atoms with Crippen LogP contribution in [0.3, 0.4) is 0 Å². The van der Waals surface area contributed by atoms with E-state index < -0.39 is 0 Å². The van der Waals surface area contributed by atoms with Gasteiger partial charge in [-0.05, 0) is 24.1 Å². The van der Waals surface area contributed by atoms with E-state index >= 15 is 0 Å². The summed E-state index contributed by atoms with van der Waals surface area (Å²) in [6.07, 6.45) is 1.88. The SMILES string of the molecule is Cc1ccccc1CN1CCN(c2ccnc(N3CCOCC3)n2)CC1. The fourth-order valence-electron chi connectivity index (χ4n) is 3.59. The molecule has 138 valence electrons. The summed E-state index contributed by atoms with van der Waals surface area (Å²) in [5.41, 5.74) is 2.80. The van der Waals surface area contributed by atoms with Gasteiger partial charge in [-0.15, -0.1) is 0 Å². The Kier molecular flexibility index (Phi) is 5.32. The first-order chi connectivity index (χ1) is 12.8. The maximum absolute atomic E-state index is 5.42. The highest BCUT2D eigenvalue weighted by molar-refractivity contribution is 5.44. The Morgan fingerprint density at radius 2 is 1.69 bits per heavy atom. The van der Waals surface area contributed by atoms with Gasteiger partial charge in [-0.2, -0.15) is 4.98 Å². The third kappa shape index (κ3) is 3.97. The zero-order chi connectivity index (χ0) is 17.8. The van der Waals surface area contributed by atoms with Gasteiger partial charge in [0.1, 0.15) is 5.82 Å². The molecule has 0 spiro atoms. The molecule has 2 fully saturated rings. The van der Waals surface area contributed by atoms with Gasteiger partial charge in [0.2, 0.25) is 5.95 Å². The van der Waals surface area contributed by atoms with Crippen molar-refractivity contribution in [1.82, 2.24) is 14.9 Å². The van der Waals surface area contributed by atoms with Crippen molar-refractivity contribution in [3.8, 4) is 0 Å². The standard InChI is InChI=1S/C20H27N5O/c1-17-4-2-3-5-18(17)16-23-8-10-24(11-9-23)19-6-7-21-20(22-19)25-12-14-26-15-13-25/h2-7H,8-16H2,1H3. The van der Waals surface area contributed by atoms with Gasteiger partial charge < -0.3 is 14.5 Å². The molecule has 0 radical (unpaired) electrons. The normalized spacial score (nSPS) is 19.0. The molecular weight excluding hydrogens is 326 g/mol. The number of anilines is 2. The Balaban J connectivity index is 1.36. The van der Waals surface area contributed by atoms with E-state index in [1.807, 2.05) is 12.3 Å². The van der Waals surface area contributed by atoms with Crippen LogP contribution in [-0.2, 0) is 11.3 Å². The number of benzene rings is 1. The molecule has 0 bridgehead atoms. The van der Waals surface area contributed by atoms with Gasteiger partial charge in [-0.3, -0.25) is 4.90 Å². The molecule has 1 aromatic carbocycles. The Morgan fingerprint density at radius 3 is 2.46 bits per heavy atom. The number of aromatic nitrogens is 2. The fraction of sp³-hybridized carbons (Fsp3) is 0.500. The van der Waals surface area contributed by atoms with E-state index in [2.05, 4.69) is 50.9 Å². The first-order valence-electron chi connectivity index (χ1n) is 9.47. The van der Waals surface area contributed by atoms with Crippen LogP contribution in [0.15, 0.2) is 36.5 Å². The first-order valence-corrected chi connectivity index (χ1v) is 9.47. The van der Waals surface area contributed by atoms with Crippen LogP contribution in [-0.4, -0.2) is 67.4 Å². The summed E-state index contributed by atoms with van der Waals surface area (Å²) < 4.78 is 5.42. The minimum absolute atomic E-state index is 0.755. The second-order valence-electron chi connectivity index (χ2n) is 7.00. The highest BCUT2D eigenvalue weighted by atomic mass is 16.5. The summed E-state index contributed by atoms with van der Waals surface area (Å²) in [5, 5.41) is 0. The van der Waals surface area contributed by atoms with E-state index in [0.29, 0.717) is 0 Å². The molecule has 6 nitrogen and oxygen atoms in total. The van der Waals surface area contributed by atoms with Crippen molar-refractivity contribution in [3.05, 3.63) is 47.7 Å². The molecule has 0 atom stereocenters. The largest absolute Gasteiger partial charge is 0.378 e. The van der Waals surface area contributed by atoms with E-state index in [1.165, 1.54) is 11.1 Å². The highest BCUT2D eigenvalue weighted by Gasteiger charge is 2.20. The molecular formula is C20H27N5O. The zero-order valence-corrected chi connectivity index (χ0v) is 15.5. The monoisotopic (exact) mass is 353 g/mol. The number of morpholine rings is 1. The summed E-state index contributed by atoms with van der Waals surface area (Å²) in [6.45, 7) is 10.6. The molecule has 0 N–H and O–H groups in total. The van der Waals surface area contributed by atoms with Gasteiger partial charge in [0.25, 0.3) is 0 Å². The maximum Gasteiger partial charge on any atom is 0.227 e. The van der Waals surface area contributed by atoms with Crippen LogP contribution in [0.1, 0.15) is 11.1 Å².